The largest absolute Gasteiger partial charge is 0.309 e. The van der Waals surface area contributed by atoms with Crippen molar-refractivity contribution in [1.82, 2.24) is 10.2 Å². The standard InChI is InChI=1S/C13H19ClN2/c1-10-3-4-11(13(14)7-10)8-15-12-5-6-16(2)9-12/h3-4,7,12,15H,5-6,8-9H2,1-2H3. The van der Waals surface area contributed by atoms with Crippen LogP contribution in [0.25, 0.3) is 0 Å². The summed E-state index contributed by atoms with van der Waals surface area (Å²) in [5, 5.41) is 4.44. The lowest BCUT2D eigenvalue weighted by Gasteiger charge is -2.13. The van der Waals surface area contributed by atoms with E-state index in [-0.39, 0.29) is 0 Å². The Morgan fingerprint density at radius 1 is 1.50 bits per heavy atom. The van der Waals surface area contributed by atoms with E-state index in [2.05, 4.69) is 36.3 Å². The maximum atomic E-state index is 6.19. The van der Waals surface area contributed by atoms with Gasteiger partial charge in [0, 0.05) is 24.2 Å². The van der Waals surface area contributed by atoms with Crippen molar-refractivity contribution < 1.29 is 0 Å². The number of hydrogen-bond acceptors (Lipinski definition) is 2. The molecule has 88 valence electrons. The van der Waals surface area contributed by atoms with Crippen LogP contribution in [0.4, 0.5) is 0 Å². The van der Waals surface area contributed by atoms with Gasteiger partial charge >= 0.3 is 0 Å². The number of aryl methyl sites for hydroxylation is 1. The molecule has 1 aliphatic rings. The number of hydrogen-bond donors (Lipinski definition) is 1. The molecule has 2 nitrogen and oxygen atoms in total. The summed E-state index contributed by atoms with van der Waals surface area (Å²) in [6.07, 6.45) is 1.24. The highest BCUT2D eigenvalue weighted by Gasteiger charge is 2.18. The molecular weight excluding hydrogens is 220 g/mol. The zero-order valence-electron chi connectivity index (χ0n) is 9.96. The molecule has 3 heteroatoms. The van der Waals surface area contributed by atoms with Crippen LogP contribution in [0.15, 0.2) is 18.2 Å². The van der Waals surface area contributed by atoms with Crippen molar-refractivity contribution in [1.29, 1.82) is 0 Å². The zero-order valence-corrected chi connectivity index (χ0v) is 10.7. The van der Waals surface area contributed by atoms with Gasteiger partial charge in [0.15, 0.2) is 0 Å². The minimum Gasteiger partial charge on any atom is -0.309 e. The average Bonchev–Trinajstić information content (AvgIpc) is 2.63. The summed E-state index contributed by atoms with van der Waals surface area (Å²) in [6, 6.07) is 6.87. The summed E-state index contributed by atoms with van der Waals surface area (Å²) in [6.45, 7) is 5.27. The van der Waals surface area contributed by atoms with Crippen molar-refractivity contribution in [2.75, 3.05) is 20.1 Å². The van der Waals surface area contributed by atoms with E-state index in [1.165, 1.54) is 24.1 Å². The van der Waals surface area contributed by atoms with Gasteiger partial charge in [-0.05, 0) is 44.1 Å². The molecule has 1 heterocycles. The van der Waals surface area contributed by atoms with Crippen LogP contribution in [0.5, 0.6) is 0 Å². The van der Waals surface area contributed by atoms with E-state index in [1.54, 1.807) is 0 Å². The van der Waals surface area contributed by atoms with Crippen LogP contribution in [0.2, 0.25) is 5.02 Å². The van der Waals surface area contributed by atoms with Crippen molar-refractivity contribution in [3.8, 4) is 0 Å². The number of nitrogens with one attached hydrogen (secondary N) is 1. The molecule has 0 aromatic heterocycles. The van der Waals surface area contributed by atoms with Gasteiger partial charge in [-0.15, -0.1) is 0 Å². The SMILES string of the molecule is Cc1ccc(CNC2CCN(C)C2)c(Cl)c1. The van der Waals surface area contributed by atoms with Gasteiger partial charge in [0.05, 0.1) is 0 Å². The number of nitrogens with zero attached hydrogens (tertiary/aromatic N) is 1. The Hall–Kier alpha value is -0.570. The number of benzene rings is 1. The molecule has 1 aromatic rings. The first kappa shape index (κ1) is 11.9. The lowest BCUT2D eigenvalue weighted by atomic mass is 10.1. The minimum atomic E-state index is 0.613. The van der Waals surface area contributed by atoms with E-state index >= 15 is 0 Å². The number of likely N-dealkylation sites (tertiary alicyclic amines) is 1. The Morgan fingerprint density at radius 2 is 2.31 bits per heavy atom. The second-order valence-electron chi connectivity index (χ2n) is 4.72. The predicted molar refractivity (Wildman–Crippen MR) is 68.9 cm³/mol. The highest BCUT2D eigenvalue weighted by Crippen LogP contribution is 2.18. The fourth-order valence-electron chi connectivity index (χ4n) is 2.15. The number of rotatable bonds is 3. The maximum Gasteiger partial charge on any atom is 0.0453 e. The molecule has 0 aliphatic carbocycles. The third-order valence-electron chi connectivity index (χ3n) is 3.18. The lowest BCUT2D eigenvalue weighted by molar-refractivity contribution is 0.397. The fourth-order valence-corrected chi connectivity index (χ4v) is 2.45. The molecule has 1 aliphatic heterocycles. The van der Waals surface area contributed by atoms with Crippen LogP contribution in [0.1, 0.15) is 17.5 Å². The molecule has 16 heavy (non-hydrogen) atoms. The average molecular weight is 239 g/mol. The monoisotopic (exact) mass is 238 g/mol. The van der Waals surface area contributed by atoms with Crippen LogP contribution < -0.4 is 5.32 Å². The molecule has 0 amide bonds. The Balaban J connectivity index is 1.89. The van der Waals surface area contributed by atoms with Crippen LogP contribution in [-0.4, -0.2) is 31.1 Å². The number of halogens is 1. The van der Waals surface area contributed by atoms with E-state index in [4.69, 9.17) is 11.6 Å². The first-order valence-corrected chi connectivity index (χ1v) is 6.20. The summed E-state index contributed by atoms with van der Waals surface area (Å²) < 4.78 is 0. The molecule has 1 atom stereocenters. The first-order valence-electron chi connectivity index (χ1n) is 5.82. The molecule has 0 bridgehead atoms. The zero-order chi connectivity index (χ0) is 11.5. The summed E-state index contributed by atoms with van der Waals surface area (Å²) in [7, 11) is 2.17. The first-order chi connectivity index (χ1) is 7.65. The molecule has 1 fully saturated rings. The van der Waals surface area contributed by atoms with Crippen LogP contribution in [-0.2, 0) is 6.54 Å². The van der Waals surface area contributed by atoms with Gasteiger partial charge in [-0.1, -0.05) is 23.7 Å². The van der Waals surface area contributed by atoms with Gasteiger partial charge in [-0.25, -0.2) is 0 Å². The molecular formula is C13H19ClN2. The van der Waals surface area contributed by atoms with E-state index in [0.29, 0.717) is 6.04 Å². The molecule has 1 saturated heterocycles. The summed E-state index contributed by atoms with van der Waals surface area (Å²) in [4.78, 5) is 2.36. The van der Waals surface area contributed by atoms with E-state index in [9.17, 15) is 0 Å². The smallest absolute Gasteiger partial charge is 0.0453 e. The van der Waals surface area contributed by atoms with Crippen LogP contribution >= 0.6 is 11.6 Å². The molecule has 0 saturated carbocycles. The second-order valence-corrected chi connectivity index (χ2v) is 5.13. The third kappa shape index (κ3) is 2.97. The third-order valence-corrected chi connectivity index (χ3v) is 3.53. The van der Waals surface area contributed by atoms with Crippen molar-refractivity contribution in [2.45, 2.75) is 25.9 Å². The van der Waals surface area contributed by atoms with Crippen molar-refractivity contribution in [3.63, 3.8) is 0 Å². The summed E-state index contributed by atoms with van der Waals surface area (Å²) >= 11 is 6.19. The van der Waals surface area contributed by atoms with Gasteiger partial charge < -0.3 is 10.2 Å². The fraction of sp³-hybridized carbons (Fsp3) is 0.538. The topological polar surface area (TPSA) is 15.3 Å². The predicted octanol–water partition coefficient (Wildman–Crippen LogP) is 2.44. The maximum absolute atomic E-state index is 6.19. The summed E-state index contributed by atoms with van der Waals surface area (Å²) in [5.41, 5.74) is 2.41. The van der Waals surface area contributed by atoms with Gasteiger partial charge in [0.25, 0.3) is 0 Å². The normalized spacial score (nSPS) is 21.6. The summed E-state index contributed by atoms with van der Waals surface area (Å²) in [5.74, 6) is 0. The Morgan fingerprint density at radius 3 is 2.94 bits per heavy atom. The highest BCUT2D eigenvalue weighted by atomic mass is 35.5. The van der Waals surface area contributed by atoms with Crippen LogP contribution in [0.3, 0.4) is 0 Å². The molecule has 2 rings (SSSR count). The van der Waals surface area contributed by atoms with Gasteiger partial charge in [0.2, 0.25) is 0 Å². The lowest BCUT2D eigenvalue weighted by Crippen LogP contribution is -2.31. The highest BCUT2D eigenvalue weighted by molar-refractivity contribution is 6.31. The molecule has 1 N–H and O–H groups in total. The Labute approximate surface area is 103 Å². The quantitative estimate of drug-likeness (QED) is 0.870. The molecule has 0 radical (unpaired) electrons. The van der Waals surface area contributed by atoms with E-state index < -0.39 is 0 Å². The Kier molecular flexibility index (Phi) is 3.85. The van der Waals surface area contributed by atoms with Crippen molar-refractivity contribution in [3.05, 3.63) is 34.3 Å². The van der Waals surface area contributed by atoms with E-state index in [0.717, 1.165) is 18.1 Å². The van der Waals surface area contributed by atoms with Gasteiger partial charge in [-0.2, -0.15) is 0 Å². The van der Waals surface area contributed by atoms with Gasteiger partial charge in [-0.3, -0.25) is 0 Å². The Bertz CT molecular complexity index is 365. The molecule has 1 unspecified atom stereocenters. The van der Waals surface area contributed by atoms with Crippen molar-refractivity contribution >= 4 is 11.6 Å². The van der Waals surface area contributed by atoms with Gasteiger partial charge in [0.1, 0.15) is 0 Å². The van der Waals surface area contributed by atoms with Crippen LogP contribution in [0, 0.1) is 6.92 Å². The second kappa shape index (κ2) is 5.17. The molecule has 1 aromatic carbocycles. The van der Waals surface area contributed by atoms with E-state index in [1.807, 2.05) is 6.07 Å². The minimum absolute atomic E-state index is 0.613. The molecule has 0 spiro atoms. The number of likely N-dealkylation sites (N-methyl/N-ethyl adjacent to an activating group) is 1. The van der Waals surface area contributed by atoms with Crippen molar-refractivity contribution in [2.24, 2.45) is 0 Å².